The molecule has 0 bridgehead atoms. The number of fused-ring (bicyclic) bond motifs is 1. The molecule has 1 aliphatic rings. The van der Waals surface area contributed by atoms with Crippen LogP contribution in [0.1, 0.15) is 11.6 Å². The quantitative estimate of drug-likeness (QED) is 0.615. The van der Waals surface area contributed by atoms with Crippen LogP contribution in [0.15, 0.2) is 53.5 Å². The molecular formula is C21H25N5O4. The largest absolute Gasteiger partial charge is 0.497 e. The maximum absolute atomic E-state index is 12.6. The number of benzene rings is 1. The van der Waals surface area contributed by atoms with Gasteiger partial charge in [0.15, 0.2) is 5.65 Å². The fourth-order valence-corrected chi connectivity index (χ4v) is 3.65. The normalized spacial score (nSPS) is 15.8. The van der Waals surface area contributed by atoms with Gasteiger partial charge in [-0.3, -0.25) is 14.1 Å². The average Bonchev–Trinajstić information content (AvgIpc) is 3.10. The topological polar surface area (TPSA) is 90.1 Å². The van der Waals surface area contributed by atoms with Crippen molar-refractivity contribution in [2.45, 2.75) is 12.6 Å². The summed E-state index contributed by atoms with van der Waals surface area (Å²) in [6.07, 6.45) is 1.64. The molecule has 0 radical (unpaired) electrons. The minimum Gasteiger partial charge on any atom is -0.497 e. The lowest BCUT2D eigenvalue weighted by Gasteiger charge is -2.35. The van der Waals surface area contributed by atoms with Crippen molar-refractivity contribution < 1.29 is 14.3 Å². The van der Waals surface area contributed by atoms with Crippen molar-refractivity contribution in [2.75, 3.05) is 40.0 Å². The van der Waals surface area contributed by atoms with Crippen LogP contribution < -0.4 is 15.7 Å². The van der Waals surface area contributed by atoms with Crippen molar-refractivity contribution in [1.82, 2.24) is 24.4 Å². The zero-order valence-corrected chi connectivity index (χ0v) is 16.9. The summed E-state index contributed by atoms with van der Waals surface area (Å²) in [6.45, 7) is 3.21. The van der Waals surface area contributed by atoms with Crippen molar-refractivity contribution in [1.29, 1.82) is 0 Å². The summed E-state index contributed by atoms with van der Waals surface area (Å²) in [5, 5.41) is 7.18. The first-order valence-corrected chi connectivity index (χ1v) is 9.92. The molecule has 0 aliphatic carbocycles. The molecule has 1 aromatic carbocycles. The fourth-order valence-electron chi connectivity index (χ4n) is 3.65. The average molecular weight is 411 g/mol. The number of pyridine rings is 1. The van der Waals surface area contributed by atoms with E-state index in [-0.39, 0.29) is 24.2 Å². The third-order valence-corrected chi connectivity index (χ3v) is 5.26. The van der Waals surface area contributed by atoms with E-state index < -0.39 is 0 Å². The number of morpholine rings is 1. The molecule has 158 valence electrons. The third kappa shape index (κ3) is 4.37. The van der Waals surface area contributed by atoms with E-state index in [2.05, 4.69) is 15.3 Å². The van der Waals surface area contributed by atoms with Gasteiger partial charge in [-0.2, -0.15) is 0 Å². The Kier molecular flexibility index (Phi) is 6.10. The van der Waals surface area contributed by atoms with Gasteiger partial charge in [0.1, 0.15) is 12.3 Å². The Morgan fingerprint density at radius 3 is 2.67 bits per heavy atom. The lowest BCUT2D eigenvalue weighted by Crippen LogP contribution is -2.44. The number of rotatable bonds is 7. The molecule has 1 aliphatic heterocycles. The fraction of sp³-hybridized carbons (Fsp3) is 0.381. The van der Waals surface area contributed by atoms with Crippen molar-refractivity contribution in [2.24, 2.45) is 0 Å². The first-order valence-electron chi connectivity index (χ1n) is 9.92. The molecule has 2 aromatic heterocycles. The van der Waals surface area contributed by atoms with Crippen molar-refractivity contribution >= 4 is 11.6 Å². The van der Waals surface area contributed by atoms with E-state index in [1.54, 1.807) is 31.5 Å². The van der Waals surface area contributed by atoms with Gasteiger partial charge >= 0.3 is 5.69 Å². The number of amides is 1. The van der Waals surface area contributed by atoms with Crippen LogP contribution in [0, 0.1) is 0 Å². The number of hydrogen-bond donors (Lipinski definition) is 1. The van der Waals surface area contributed by atoms with E-state index >= 15 is 0 Å². The van der Waals surface area contributed by atoms with Gasteiger partial charge in [-0.1, -0.05) is 18.2 Å². The number of methoxy groups -OCH3 is 1. The highest BCUT2D eigenvalue weighted by molar-refractivity contribution is 5.75. The number of aromatic nitrogens is 3. The number of carbonyl (C=O) groups excluding carboxylic acids is 1. The zero-order chi connectivity index (χ0) is 20.9. The molecule has 1 unspecified atom stereocenters. The highest BCUT2D eigenvalue weighted by atomic mass is 16.5. The standard InChI is InChI=1S/C21H25N5O4/c1-29-17-7-5-16(6-8-17)18(24-10-12-30-13-11-24)14-22-20(27)15-26-21(28)25-9-3-2-4-19(25)23-26/h2-9,18H,10-15H2,1H3,(H,22,27). The Labute approximate surface area is 173 Å². The highest BCUT2D eigenvalue weighted by Crippen LogP contribution is 2.23. The summed E-state index contributed by atoms with van der Waals surface area (Å²) in [4.78, 5) is 27.3. The van der Waals surface area contributed by atoms with E-state index in [1.807, 2.05) is 24.3 Å². The second kappa shape index (κ2) is 9.10. The molecule has 4 rings (SSSR count). The summed E-state index contributed by atoms with van der Waals surface area (Å²) >= 11 is 0. The van der Waals surface area contributed by atoms with E-state index in [0.29, 0.717) is 25.4 Å². The second-order valence-corrected chi connectivity index (χ2v) is 7.11. The summed E-state index contributed by atoms with van der Waals surface area (Å²) in [5.41, 5.74) is 1.27. The number of carbonyl (C=O) groups is 1. The van der Waals surface area contributed by atoms with Crippen LogP contribution in [0.5, 0.6) is 5.75 Å². The lowest BCUT2D eigenvalue weighted by atomic mass is 10.0. The smallest absolute Gasteiger partial charge is 0.350 e. The maximum Gasteiger partial charge on any atom is 0.350 e. The number of nitrogens with zero attached hydrogens (tertiary/aromatic N) is 4. The van der Waals surface area contributed by atoms with Crippen molar-refractivity contribution in [3.05, 3.63) is 64.7 Å². The number of nitrogens with one attached hydrogen (secondary N) is 1. The molecule has 1 amide bonds. The monoisotopic (exact) mass is 411 g/mol. The lowest BCUT2D eigenvalue weighted by molar-refractivity contribution is -0.122. The van der Waals surface area contributed by atoms with Crippen LogP contribution in [-0.4, -0.2) is 64.9 Å². The molecule has 9 nitrogen and oxygen atoms in total. The molecule has 1 fully saturated rings. The summed E-state index contributed by atoms with van der Waals surface area (Å²) < 4.78 is 13.3. The van der Waals surface area contributed by atoms with Gasteiger partial charge in [-0.05, 0) is 29.8 Å². The Morgan fingerprint density at radius 2 is 1.97 bits per heavy atom. The molecular weight excluding hydrogens is 386 g/mol. The first kappa shape index (κ1) is 20.1. The Bertz CT molecular complexity index is 1050. The van der Waals surface area contributed by atoms with Crippen molar-refractivity contribution in [3.8, 4) is 5.75 Å². The van der Waals surface area contributed by atoms with Gasteiger partial charge in [0.05, 0.1) is 26.4 Å². The predicted octanol–water partition coefficient (Wildman–Crippen LogP) is 0.694. The molecule has 3 heterocycles. The van der Waals surface area contributed by atoms with Crippen LogP contribution in [0.3, 0.4) is 0 Å². The van der Waals surface area contributed by atoms with E-state index in [0.717, 1.165) is 24.4 Å². The van der Waals surface area contributed by atoms with Crippen molar-refractivity contribution in [3.63, 3.8) is 0 Å². The summed E-state index contributed by atoms with van der Waals surface area (Å²) in [7, 11) is 1.63. The third-order valence-electron chi connectivity index (χ3n) is 5.26. The van der Waals surface area contributed by atoms with E-state index in [4.69, 9.17) is 9.47 Å². The molecule has 1 atom stereocenters. The van der Waals surface area contributed by atoms with E-state index in [1.165, 1.54) is 9.08 Å². The minimum absolute atomic E-state index is 0.00143. The molecule has 1 saturated heterocycles. The second-order valence-electron chi connectivity index (χ2n) is 7.11. The SMILES string of the molecule is COc1ccc(C(CNC(=O)Cn2nc3ccccn3c2=O)N2CCOCC2)cc1. The molecule has 1 N–H and O–H groups in total. The molecule has 0 saturated carbocycles. The highest BCUT2D eigenvalue weighted by Gasteiger charge is 2.23. The van der Waals surface area contributed by atoms with Crippen LogP contribution in [-0.2, 0) is 16.1 Å². The minimum atomic E-state index is -0.333. The van der Waals surface area contributed by atoms with E-state index in [9.17, 15) is 9.59 Å². The Balaban J connectivity index is 1.46. The Hall–Kier alpha value is -3.17. The zero-order valence-electron chi connectivity index (χ0n) is 16.9. The summed E-state index contributed by atoms with van der Waals surface area (Å²) in [6, 6.07) is 13.1. The van der Waals surface area contributed by atoms with Crippen LogP contribution in [0.25, 0.3) is 5.65 Å². The molecule has 30 heavy (non-hydrogen) atoms. The van der Waals surface area contributed by atoms with Crippen LogP contribution in [0.2, 0.25) is 0 Å². The first-order chi connectivity index (χ1) is 14.7. The van der Waals surface area contributed by atoms with Gasteiger partial charge in [0.2, 0.25) is 5.91 Å². The molecule has 3 aromatic rings. The van der Waals surface area contributed by atoms with Gasteiger partial charge in [-0.25, -0.2) is 9.48 Å². The van der Waals surface area contributed by atoms with Gasteiger partial charge in [0, 0.05) is 25.8 Å². The van der Waals surface area contributed by atoms with Gasteiger partial charge in [-0.15, -0.1) is 5.10 Å². The molecule has 0 spiro atoms. The van der Waals surface area contributed by atoms with Gasteiger partial charge in [0.25, 0.3) is 0 Å². The van der Waals surface area contributed by atoms with Crippen LogP contribution >= 0.6 is 0 Å². The molecule has 9 heteroatoms. The number of ether oxygens (including phenoxy) is 2. The predicted molar refractivity (Wildman–Crippen MR) is 111 cm³/mol. The van der Waals surface area contributed by atoms with Crippen LogP contribution in [0.4, 0.5) is 0 Å². The number of hydrogen-bond acceptors (Lipinski definition) is 6. The van der Waals surface area contributed by atoms with Gasteiger partial charge < -0.3 is 14.8 Å². The summed E-state index contributed by atoms with van der Waals surface area (Å²) in [5.74, 6) is 0.530. The Morgan fingerprint density at radius 1 is 1.20 bits per heavy atom. The maximum atomic E-state index is 12.6.